The van der Waals surface area contributed by atoms with Gasteiger partial charge in [0.25, 0.3) is 5.91 Å². The Morgan fingerprint density at radius 1 is 1.03 bits per heavy atom. The molecule has 0 aliphatic carbocycles. The molecule has 0 bridgehead atoms. The standard InChI is InChI=1S/C22H29N3O3S/c1-24(2)17-21(18-10-5-3-6-11-18)23-22(26)19-12-9-13-20(16-19)29(27,28)25-14-7-4-8-15-25/h3,5-6,9-13,16,21H,4,7-8,14-15,17H2,1-2H3,(H,23,26)/t21-/m0/s1. The lowest BCUT2D eigenvalue weighted by atomic mass is 10.1. The minimum Gasteiger partial charge on any atom is -0.344 e. The van der Waals surface area contributed by atoms with Crippen LogP contribution in [0.25, 0.3) is 0 Å². The van der Waals surface area contributed by atoms with Crippen LogP contribution >= 0.6 is 0 Å². The SMILES string of the molecule is CN(C)C[C@H](NC(=O)c1cccc(S(=O)(=O)N2CCCCC2)c1)c1ccccc1. The predicted molar refractivity (Wildman–Crippen MR) is 114 cm³/mol. The predicted octanol–water partition coefficient (Wildman–Crippen LogP) is 2.89. The van der Waals surface area contributed by atoms with Gasteiger partial charge in [0.2, 0.25) is 10.0 Å². The molecule has 1 fully saturated rings. The summed E-state index contributed by atoms with van der Waals surface area (Å²) in [4.78, 5) is 15.1. The summed E-state index contributed by atoms with van der Waals surface area (Å²) < 4.78 is 27.4. The second kappa shape index (κ2) is 9.52. The Morgan fingerprint density at radius 3 is 2.38 bits per heavy atom. The van der Waals surface area contributed by atoms with Crippen LogP contribution in [-0.2, 0) is 10.0 Å². The number of nitrogens with one attached hydrogen (secondary N) is 1. The van der Waals surface area contributed by atoms with Crippen molar-refractivity contribution in [3.05, 3.63) is 65.7 Å². The summed E-state index contributed by atoms with van der Waals surface area (Å²) in [5, 5.41) is 3.05. The highest BCUT2D eigenvalue weighted by molar-refractivity contribution is 7.89. The zero-order valence-corrected chi connectivity index (χ0v) is 17.9. The number of carbonyl (C=O) groups excluding carboxylic acids is 1. The molecule has 1 saturated heterocycles. The highest BCUT2D eigenvalue weighted by Gasteiger charge is 2.26. The summed E-state index contributed by atoms with van der Waals surface area (Å²) in [6, 6.07) is 15.9. The summed E-state index contributed by atoms with van der Waals surface area (Å²) in [5.74, 6) is -0.281. The first-order valence-electron chi connectivity index (χ1n) is 9.98. The van der Waals surface area contributed by atoms with Gasteiger partial charge in [-0.3, -0.25) is 4.79 Å². The van der Waals surface area contributed by atoms with Gasteiger partial charge in [0.05, 0.1) is 10.9 Å². The quantitative estimate of drug-likeness (QED) is 0.755. The van der Waals surface area contributed by atoms with E-state index >= 15 is 0 Å². The zero-order chi connectivity index (χ0) is 20.9. The first-order chi connectivity index (χ1) is 13.9. The molecule has 7 heteroatoms. The second-order valence-corrected chi connectivity index (χ2v) is 9.63. The van der Waals surface area contributed by atoms with Crippen molar-refractivity contribution in [3.8, 4) is 0 Å². The van der Waals surface area contributed by atoms with Gasteiger partial charge in [0, 0.05) is 25.2 Å². The second-order valence-electron chi connectivity index (χ2n) is 7.69. The lowest BCUT2D eigenvalue weighted by molar-refractivity contribution is 0.0929. The molecule has 29 heavy (non-hydrogen) atoms. The third-order valence-corrected chi connectivity index (χ3v) is 7.00. The summed E-state index contributed by atoms with van der Waals surface area (Å²) in [7, 11) is 0.332. The number of rotatable bonds is 7. The van der Waals surface area contributed by atoms with Gasteiger partial charge in [-0.2, -0.15) is 4.31 Å². The molecule has 6 nitrogen and oxygen atoms in total. The zero-order valence-electron chi connectivity index (χ0n) is 17.0. The number of nitrogens with zero attached hydrogens (tertiary/aromatic N) is 2. The first kappa shape index (κ1) is 21.5. The molecule has 1 heterocycles. The molecule has 0 saturated carbocycles. The Bertz CT molecular complexity index is 923. The van der Waals surface area contributed by atoms with Gasteiger partial charge in [-0.25, -0.2) is 8.42 Å². The van der Waals surface area contributed by atoms with E-state index in [1.165, 1.54) is 10.4 Å². The number of hydrogen-bond donors (Lipinski definition) is 1. The van der Waals surface area contributed by atoms with Crippen LogP contribution in [-0.4, -0.2) is 57.3 Å². The van der Waals surface area contributed by atoms with Crippen molar-refractivity contribution in [2.75, 3.05) is 33.7 Å². The van der Waals surface area contributed by atoms with E-state index in [2.05, 4.69) is 5.32 Å². The number of amides is 1. The van der Waals surface area contributed by atoms with Crippen molar-refractivity contribution in [1.82, 2.24) is 14.5 Å². The van der Waals surface area contributed by atoms with E-state index < -0.39 is 10.0 Å². The molecule has 0 aromatic heterocycles. The van der Waals surface area contributed by atoms with Crippen molar-refractivity contribution < 1.29 is 13.2 Å². The van der Waals surface area contributed by atoms with E-state index in [9.17, 15) is 13.2 Å². The Morgan fingerprint density at radius 2 is 1.72 bits per heavy atom. The molecular formula is C22H29N3O3S. The highest BCUT2D eigenvalue weighted by Crippen LogP contribution is 2.22. The van der Waals surface area contributed by atoms with Crippen molar-refractivity contribution >= 4 is 15.9 Å². The van der Waals surface area contributed by atoms with Crippen LogP contribution in [0.1, 0.15) is 41.2 Å². The normalized spacial score (nSPS) is 16.5. The van der Waals surface area contributed by atoms with Crippen LogP contribution in [0.4, 0.5) is 0 Å². The van der Waals surface area contributed by atoms with Crippen LogP contribution in [0, 0.1) is 0 Å². The fourth-order valence-electron chi connectivity index (χ4n) is 3.58. The van der Waals surface area contributed by atoms with E-state index in [1.54, 1.807) is 18.2 Å². The van der Waals surface area contributed by atoms with Crippen LogP contribution < -0.4 is 5.32 Å². The topological polar surface area (TPSA) is 69.7 Å². The Labute approximate surface area is 173 Å². The van der Waals surface area contributed by atoms with Gasteiger partial charge in [-0.15, -0.1) is 0 Å². The smallest absolute Gasteiger partial charge is 0.251 e. The molecule has 0 spiro atoms. The maximum absolute atomic E-state index is 12.9. The molecule has 0 radical (unpaired) electrons. The van der Waals surface area contributed by atoms with E-state index in [1.807, 2.05) is 49.3 Å². The average molecular weight is 416 g/mol. The molecular weight excluding hydrogens is 386 g/mol. The maximum Gasteiger partial charge on any atom is 0.251 e. The molecule has 2 aromatic rings. The van der Waals surface area contributed by atoms with Crippen molar-refractivity contribution in [2.24, 2.45) is 0 Å². The molecule has 1 aliphatic heterocycles. The largest absolute Gasteiger partial charge is 0.344 e. The fourth-order valence-corrected chi connectivity index (χ4v) is 5.14. The number of likely N-dealkylation sites (N-methyl/N-ethyl adjacent to an activating group) is 1. The Balaban J connectivity index is 1.81. The number of hydrogen-bond acceptors (Lipinski definition) is 4. The fraction of sp³-hybridized carbons (Fsp3) is 0.409. The third-order valence-electron chi connectivity index (χ3n) is 5.10. The number of benzene rings is 2. The highest BCUT2D eigenvalue weighted by atomic mass is 32.2. The van der Waals surface area contributed by atoms with E-state index in [-0.39, 0.29) is 16.8 Å². The molecule has 156 valence electrons. The summed E-state index contributed by atoms with van der Waals surface area (Å²) in [5.41, 5.74) is 1.36. The van der Waals surface area contributed by atoms with Gasteiger partial charge in [0.15, 0.2) is 0 Å². The van der Waals surface area contributed by atoms with E-state index in [4.69, 9.17) is 0 Å². The van der Waals surface area contributed by atoms with Crippen LogP contribution in [0.15, 0.2) is 59.5 Å². The number of carbonyl (C=O) groups is 1. The minimum absolute atomic E-state index is 0.177. The van der Waals surface area contributed by atoms with Gasteiger partial charge in [-0.05, 0) is 50.7 Å². The number of piperidine rings is 1. The molecule has 1 amide bonds. The molecule has 0 unspecified atom stereocenters. The van der Waals surface area contributed by atoms with Gasteiger partial charge in [0.1, 0.15) is 0 Å². The molecule has 1 atom stereocenters. The maximum atomic E-state index is 12.9. The van der Waals surface area contributed by atoms with Gasteiger partial charge >= 0.3 is 0 Å². The Kier molecular flexibility index (Phi) is 7.05. The summed E-state index contributed by atoms with van der Waals surface area (Å²) in [6.45, 7) is 1.72. The molecule has 1 N–H and O–H groups in total. The lowest BCUT2D eigenvalue weighted by Crippen LogP contribution is -2.36. The van der Waals surface area contributed by atoms with Crippen molar-refractivity contribution in [2.45, 2.75) is 30.2 Å². The van der Waals surface area contributed by atoms with Crippen LogP contribution in [0.5, 0.6) is 0 Å². The third kappa shape index (κ3) is 5.44. The van der Waals surface area contributed by atoms with E-state index in [0.717, 1.165) is 24.8 Å². The van der Waals surface area contributed by atoms with Crippen LogP contribution in [0.2, 0.25) is 0 Å². The van der Waals surface area contributed by atoms with Crippen molar-refractivity contribution in [3.63, 3.8) is 0 Å². The van der Waals surface area contributed by atoms with Gasteiger partial charge < -0.3 is 10.2 Å². The lowest BCUT2D eigenvalue weighted by Gasteiger charge is -2.26. The Hall–Kier alpha value is -2.22. The summed E-state index contributed by atoms with van der Waals surface area (Å²) in [6.07, 6.45) is 2.81. The monoisotopic (exact) mass is 415 g/mol. The van der Waals surface area contributed by atoms with Gasteiger partial charge in [-0.1, -0.05) is 42.8 Å². The van der Waals surface area contributed by atoms with E-state index in [0.29, 0.717) is 25.2 Å². The molecule has 3 rings (SSSR count). The first-order valence-corrected chi connectivity index (χ1v) is 11.4. The average Bonchev–Trinajstić information content (AvgIpc) is 2.74. The van der Waals surface area contributed by atoms with Crippen LogP contribution in [0.3, 0.4) is 0 Å². The van der Waals surface area contributed by atoms with Crippen molar-refractivity contribution in [1.29, 1.82) is 0 Å². The summed E-state index contributed by atoms with van der Waals surface area (Å²) >= 11 is 0. The molecule has 1 aliphatic rings. The number of sulfonamides is 1. The minimum atomic E-state index is -3.57. The molecule has 2 aromatic carbocycles.